The van der Waals surface area contributed by atoms with Gasteiger partial charge in [-0.25, -0.2) is 4.79 Å². The number of carbonyl (C=O) groups excluding carboxylic acids is 1. The Morgan fingerprint density at radius 1 is 1.16 bits per heavy atom. The van der Waals surface area contributed by atoms with Crippen LogP contribution in [0.2, 0.25) is 0 Å². The molecule has 0 aliphatic carbocycles. The molecule has 144 valence electrons. The number of allylic oxidation sites excluding steroid dienone is 1. The summed E-state index contributed by atoms with van der Waals surface area (Å²) in [7, 11) is 0. The molecular formula is C20H35NO2S2. The minimum absolute atomic E-state index is 0.00433. The van der Waals surface area contributed by atoms with Gasteiger partial charge in [0.25, 0.3) is 0 Å². The van der Waals surface area contributed by atoms with Gasteiger partial charge in [-0.15, -0.1) is 23.5 Å². The van der Waals surface area contributed by atoms with Crippen molar-refractivity contribution in [1.29, 1.82) is 0 Å². The second-order valence-electron chi connectivity index (χ2n) is 7.28. The Bertz CT molecular complexity index is 478. The highest BCUT2D eigenvalue weighted by molar-refractivity contribution is 8.22. The number of nitrogens with one attached hydrogen (secondary N) is 1. The number of amides is 1. The van der Waals surface area contributed by atoms with Gasteiger partial charge >= 0.3 is 6.09 Å². The number of ether oxygens (including phenoxy) is 1. The van der Waals surface area contributed by atoms with Crippen molar-refractivity contribution in [2.45, 2.75) is 85.3 Å². The van der Waals surface area contributed by atoms with Crippen LogP contribution >= 0.6 is 23.5 Å². The first-order valence-corrected chi connectivity index (χ1v) is 11.4. The summed E-state index contributed by atoms with van der Waals surface area (Å²) in [6.07, 6.45) is 7.13. The molecule has 0 aromatic carbocycles. The topological polar surface area (TPSA) is 38.3 Å². The average Bonchev–Trinajstić information content (AvgIpc) is 2.56. The lowest BCUT2D eigenvalue weighted by Crippen LogP contribution is -2.38. The molecule has 1 fully saturated rings. The SMILES string of the molecule is CCC(=CC(CC(CC)=C1SCCCS1)NC(=O)OC(C)(C)C)CC. The van der Waals surface area contributed by atoms with Gasteiger partial charge in [-0.3, -0.25) is 0 Å². The molecule has 1 amide bonds. The van der Waals surface area contributed by atoms with Crippen LogP contribution in [-0.4, -0.2) is 29.2 Å². The van der Waals surface area contributed by atoms with E-state index in [1.807, 2.05) is 44.3 Å². The van der Waals surface area contributed by atoms with Crippen molar-refractivity contribution in [2.24, 2.45) is 0 Å². The van der Waals surface area contributed by atoms with Crippen LogP contribution in [0.3, 0.4) is 0 Å². The van der Waals surface area contributed by atoms with Crippen LogP contribution in [0, 0.1) is 0 Å². The fourth-order valence-electron chi connectivity index (χ4n) is 2.65. The summed E-state index contributed by atoms with van der Waals surface area (Å²) in [5, 5.41) is 3.09. The van der Waals surface area contributed by atoms with Crippen LogP contribution in [0.15, 0.2) is 21.5 Å². The lowest BCUT2D eigenvalue weighted by molar-refractivity contribution is 0.0514. The Hall–Kier alpha value is -0.550. The van der Waals surface area contributed by atoms with Crippen LogP contribution in [0.4, 0.5) is 4.79 Å². The number of thioether (sulfide) groups is 2. The maximum absolute atomic E-state index is 12.3. The molecule has 1 N–H and O–H groups in total. The number of hydrogen-bond donors (Lipinski definition) is 1. The molecule has 0 aromatic rings. The van der Waals surface area contributed by atoms with E-state index >= 15 is 0 Å². The Labute approximate surface area is 162 Å². The van der Waals surface area contributed by atoms with Gasteiger partial charge in [-0.05, 0) is 70.0 Å². The van der Waals surface area contributed by atoms with Gasteiger partial charge in [-0.1, -0.05) is 32.4 Å². The minimum atomic E-state index is -0.474. The molecule has 1 aliphatic rings. The molecule has 1 saturated heterocycles. The first-order chi connectivity index (χ1) is 11.8. The molecule has 0 bridgehead atoms. The molecule has 0 spiro atoms. The van der Waals surface area contributed by atoms with Crippen molar-refractivity contribution in [2.75, 3.05) is 11.5 Å². The summed E-state index contributed by atoms with van der Waals surface area (Å²) in [4.78, 5) is 12.3. The van der Waals surface area contributed by atoms with Gasteiger partial charge in [0.15, 0.2) is 0 Å². The summed E-state index contributed by atoms with van der Waals surface area (Å²) < 4.78 is 6.94. The van der Waals surface area contributed by atoms with Crippen LogP contribution in [-0.2, 0) is 4.74 Å². The average molecular weight is 386 g/mol. The lowest BCUT2D eigenvalue weighted by Gasteiger charge is -2.25. The van der Waals surface area contributed by atoms with Gasteiger partial charge < -0.3 is 10.1 Å². The van der Waals surface area contributed by atoms with Crippen LogP contribution < -0.4 is 5.32 Å². The highest BCUT2D eigenvalue weighted by Crippen LogP contribution is 2.39. The third-order valence-electron chi connectivity index (χ3n) is 3.98. The molecule has 1 atom stereocenters. The second-order valence-corrected chi connectivity index (χ2v) is 9.75. The van der Waals surface area contributed by atoms with E-state index in [4.69, 9.17) is 4.74 Å². The summed E-state index contributed by atoms with van der Waals surface area (Å²) in [6, 6.07) is -0.00433. The fourth-order valence-corrected chi connectivity index (χ4v) is 5.48. The van der Waals surface area contributed by atoms with E-state index in [1.165, 1.54) is 33.3 Å². The van der Waals surface area contributed by atoms with E-state index in [0.717, 1.165) is 25.7 Å². The van der Waals surface area contributed by atoms with Crippen molar-refractivity contribution >= 4 is 29.6 Å². The van der Waals surface area contributed by atoms with E-state index in [2.05, 4.69) is 32.2 Å². The van der Waals surface area contributed by atoms with Gasteiger partial charge in [0.2, 0.25) is 0 Å². The van der Waals surface area contributed by atoms with E-state index in [9.17, 15) is 4.79 Å². The smallest absolute Gasteiger partial charge is 0.408 e. The fraction of sp³-hybridized carbons (Fsp3) is 0.750. The molecule has 1 rings (SSSR count). The number of carbonyl (C=O) groups is 1. The van der Waals surface area contributed by atoms with Gasteiger partial charge in [0, 0.05) is 4.24 Å². The number of rotatable bonds is 7. The third-order valence-corrected chi connectivity index (χ3v) is 6.78. The molecule has 25 heavy (non-hydrogen) atoms. The number of hydrogen-bond acceptors (Lipinski definition) is 4. The largest absolute Gasteiger partial charge is 0.444 e. The molecular weight excluding hydrogens is 350 g/mol. The molecule has 1 aliphatic heterocycles. The number of alkyl carbamates (subject to hydrolysis) is 1. The van der Waals surface area contributed by atoms with Crippen molar-refractivity contribution in [3.8, 4) is 0 Å². The van der Waals surface area contributed by atoms with E-state index in [-0.39, 0.29) is 12.1 Å². The molecule has 0 saturated carbocycles. The standard InChI is InChI=1S/C20H35NO2S2/c1-7-15(8-2)13-17(21-19(22)23-20(4,5)6)14-16(9-3)18-24-11-10-12-25-18/h13,17H,7-12,14H2,1-6H3,(H,21,22). The zero-order valence-electron chi connectivity index (χ0n) is 16.7. The molecule has 0 aromatic heterocycles. The summed E-state index contributed by atoms with van der Waals surface area (Å²) in [5.41, 5.74) is 2.36. The normalized spacial score (nSPS) is 16.2. The summed E-state index contributed by atoms with van der Waals surface area (Å²) >= 11 is 3.95. The molecule has 1 unspecified atom stereocenters. The van der Waals surface area contributed by atoms with Crippen molar-refractivity contribution in [3.05, 3.63) is 21.5 Å². The van der Waals surface area contributed by atoms with Crippen molar-refractivity contribution < 1.29 is 9.53 Å². The van der Waals surface area contributed by atoms with Crippen LogP contribution in [0.5, 0.6) is 0 Å². The second kappa shape index (κ2) is 11.2. The highest BCUT2D eigenvalue weighted by Gasteiger charge is 2.21. The lowest BCUT2D eigenvalue weighted by atomic mass is 10.0. The molecule has 3 nitrogen and oxygen atoms in total. The zero-order chi connectivity index (χ0) is 18.9. The maximum Gasteiger partial charge on any atom is 0.408 e. The molecule has 0 radical (unpaired) electrons. The zero-order valence-corrected chi connectivity index (χ0v) is 18.4. The highest BCUT2D eigenvalue weighted by atomic mass is 32.2. The predicted octanol–water partition coefficient (Wildman–Crippen LogP) is 6.51. The monoisotopic (exact) mass is 385 g/mol. The minimum Gasteiger partial charge on any atom is -0.444 e. The predicted molar refractivity (Wildman–Crippen MR) is 113 cm³/mol. The van der Waals surface area contributed by atoms with E-state index < -0.39 is 5.60 Å². The third kappa shape index (κ3) is 9.09. The van der Waals surface area contributed by atoms with Crippen LogP contribution in [0.1, 0.15) is 73.6 Å². The van der Waals surface area contributed by atoms with Gasteiger partial charge in [0.1, 0.15) is 5.60 Å². The summed E-state index contributed by atoms with van der Waals surface area (Å²) in [6.45, 7) is 12.3. The van der Waals surface area contributed by atoms with Crippen molar-refractivity contribution in [3.63, 3.8) is 0 Å². The first-order valence-electron chi connectivity index (χ1n) is 9.45. The van der Waals surface area contributed by atoms with E-state index in [1.54, 1.807) is 0 Å². The Balaban J connectivity index is 2.93. The molecule has 5 heteroatoms. The quantitative estimate of drug-likeness (QED) is 0.507. The maximum atomic E-state index is 12.3. The Morgan fingerprint density at radius 3 is 2.24 bits per heavy atom. The van der Waals surface area contributed by atoms with Crippen molar-refractivity contribution in [1.82, 2.24) is 5.32 Å². The van der Waals surface area contributed by atoms with Gasteiger partial charge in [-0.2, -0.15) is 0 Å². The Morgan fingerprint density at radius 2 is 1.76 bits per heavy atom. The molecule has 1 heterocycles. The first kappa shape index (κ1) is 22.5. The van der Waals surface area contributed by atoms with E-state index in [0.29, 0.717) is 0 Å². The Kier molecular flexibility index (Phi) is 10.1. The van der Waals surface area contributed by atoms with Gasteiger partial charge in [0.05, 0.1) is 6.04 Å². The van der Waals surface area contributed by atoms with Crippen LogP contribution in [0.25, 0.3) is 0 Å². The summed E-state index contributed by atoms with van der Waals surface area (Å²) in [5.74, 6) is 2.42.